The molecule has 2 amide bonds. The van der Waals surface area contributed by atoms with Crippen LogP contribution >= 0.6 is 0 Å². The zero-order valence-corrected chi connectivity index (χ0v) is 14.9. The topological polar surface area (TPSA) is 70.1 Å². The van der Waals surface area contributed by atoms with E-state index in [0.29, 0.717) is 13.1 Å². The van der Waals surface area contributed by atoms with E-state index in [-0.39, 0.29) is 30.9 Å². The monoisotopic (exact) mass is 346 g/mol. The number of amides is 2. The number of aliphatic hydroxyl groups excluding tert-OH is 1. The fourth-order valence-corrected chi connectivity index (χ4v) is 3.72. The van der Waals surface area contributed by atoms with Crippen molar-refractivity contribution in [1.29, 1.82) is 0 Å². The van der Waals surface area contributed by atoms with Crippen LogP contribution in [0.2, 0.25) is 0 Å². The number of carbonyl (C=O) groups is 2. The lowest BCUT2D eigenvalue weighted by atomic mass is 9.92. The van der Waals surface area contributed by atoms with Gasteiger partial charge in [-0.25, -0.2) is 0 Å². The Balaban J connectivity index is 1.84. The normalized spacial score (nSPS) is 25.3. The van der Waals surface area contributed by atoms with Crippen LogP contribution in [0.4, 0.5) is 0 Å². The average molecular weight is 346 g/mol. The van der Waals surface area contributed by atoms with Crippen molar-refractivity contribution in [3.63, 3.8) is 0 Å². The Kier molecular flexibility index (Phi) is 5.39. The molecule has 6 heteroatoms. The van der Waals surface area contributed by atoms with Crippen LogP contribution < -0.4 is 0 Å². The number of hydrogen-bond acceptors (Lipinski definition) is 4. The Morgan fingerprint density at radius 3 is 2.60 bits per heavy atom. The van der Waals surface area contributed by atoms with E-state index in [2.05, 4.69) is 0 Å². The summed E-state index contributed by atoms with van der Waals surface area (Å²) >= 11 is 0. The number of nitrogens with zero attached hydrogens (tertiary/aromatic N) is 2. The fraction of sp³-hybridized carbons (Fsp3) is 0.579. The van der Waals surface area contributed by atoms with Crippen molar-refractivity contribution in [2.24, 2.45) is 5.92 Å². The highest BCUT2D eigenvalue weighted by atomic mass is 16.5. The van der Waals surface area contributed by atoms with Gasteiger partial charge in [-0.15, -0.1) is 0 Å². The average Bonchev–Trinajstić information content (AvgIpc) is 2.64. The molecule has 1 aromatic rings. The lowest BCUT2D eigenvalue weighted by molar-refractivity contribution is -0.168. The largest absolute Gasteiger partial charge is 0.396 e. The highest BCUT2D eigenvalue weighted by Crippen LogP contribution is 2.32. The van der Waals surface area contributed by atoms with Gasteiger partial charge in [-0.1, -0.05) is 24.3 Å². The lowest BCUT2D eigenvalue weighted by Crippen LogP contribution is -2.55. The van der Waals surface area contributed by atoms with E-state index >= 15 is 0 Å². The summed E-state index contributed by atoms with van der Waals surface area (Å²) in [6.07, 6.45) is 0.923. The SMILES string of the molecule is Cc1ccccc1[C@@H]1[C@@H](C(=O)N2CCC(CO)CC2)OCC(=O)N1C. The minimum absolute atomic E-state index is 0.0657. The van der Waals surface area contributed by atoms with Crippen LogP contribution in [0.1, 0.15) is 30.0 Å². The van der Waals surface area contributed by atoms with Gasteiger partial charge >= 0.3 is 0 Å². The Bertz CT molecular complexity index is 640. The number of benzene rings is 1. The zero-order valence-electron chi connectivity index (χ0n) is 14.9. The van der Waals surface area contributed by atoms with Gasteiger partial charge in [-0.2, -0.15) is 0 Å². The van der Waals surface area contributed by atoms with Crippen LogP contribution in [0.25, 0.3) is 0 Å². The van der Waals surface area contributed by atoms with E-state index in [4.69, 9.17) is 4.74 Å². The molecular weight excluding hydrogens is 320 g/mol. The van der Waals surface area contributed by atoms with Crippen molar-refractivity contribution in [3.05, 3.63) is 35.4 Å². The standard InChI is InChI=1S/C19H26N2O4/c1-13-5-3-4-6-15(13)17-18(25-12-16(23)20(17)2)19(24)21-9-7-14(11-22)8-10-21/h3-6,14,17-18,22H,7-12H2,1-2H3/t17-,18+/m1/s1. The van der Waals surface area contributed by atoms with Gasteiger partial charge in [-0.3, -0.25) is 9.59 Å². The van der Waals surface area contributed by atoms with Crippen molar-refractivity contribution >= 4 is 11.8 Å². The molecule has 0 radical (unpaired) electrons. The number of morpholine rings is 1. The second-order valence-corrected chi connectivity index (χ2v) is 6.99. The Morgan fingerprint density at radius 1 is 1.28 bits per heavy atom. The first-order valence-electron chi connectivity index (χ1n) is 8.85. The highest BCUT2D eigenvalue weighted by molar-refractivity contribution is 5.86. The molecule has 2 saturated heterocycles. The van der Waals surface area contributed by atoms with Crippen molar-refractivity contribution < 1.29 is 19.4 Å². The number of hydrogen-bond donors (Lipinski definition) is 1. The Hall–Kier alpha value is -1.92. The van der Waals surface area contributed by atoms with Gasteiger partial charge in [-0.05, 0) is 36.8 Å². The van der Waals surface area contributed by atoms with Gasteiger partial charge in [0.1, 0.15) is 6.61 Å². The maximum atomic E-state index is 13.1. The fourth-order valence-electron chi connectivity index (χ4n) is 3.72. The molecule has 0 aromatic heterocycles. The van der Waals surface area contributed by atoms with E-state index in [0.717, 1.165) is 24.0 Å². The number of ether oxygens (including phenoxy) is 1. The van der Waals surface area contributed by atoms with Gasteiger partial charge < -0.3 is 19.6 Å². The zero-order chi connectivity index (χ0) is 18.0. The summed E-state index contributed by atoms with van der Waals surface area (Å²) in [6.45, 7) is 3.34. The summed E-state index contributed by atoms with van der Waals surface area (Å²) < 4.78 is 5.72. The maximum Gasteiger partial charge on any atom is 0.254 e. The van der Waals surface area contributed by atoms with Gasteiger partial charge in [0.25, 0.3) is 5.91 Å². The molecule has 2 fully saturated rings. The molecule has 6 nitrogen and oxygen atoms in total. The minimum Gasteiger partial charge on any atom is -0.396 e. The van der Waals surface area contributed by atoms with Crippen LogP contribution in [0, 0.1) is 12.8 Å². The third kappa shape index (κ3) is 3.55. The summed E-state index contributed by atoms with van der Waals surface area (Å²) in [7, 11) is 1.74. The van der Waals surface area contributed by atoms with Gasteiger partial charge in [0, 0.05) is 26.7 Å². The first-order valence-corrected chi connectivity index (χ1v) is 8.85. The van der Waals surface area contributed by atoms with E-state index in [9.17, 15) is 14.7 Å². The number of aryl methyl sites for hydroxylation is 1. The second kappa shape index (κ2) is 7.54. The number of aliphatic hydroxyl groups is 1. The van der Waals surface area contributed by atoms with Crippen LogP contribution in [-0.2, 0) is 14.3 Å². The third-order valence-electron chi connectivity index (χ3n) is 5.42. The molecule has 3 rings (SSSR count). The number of carbonyl (C=O) groups excluding carboxylic acids is 2. The molecule has 1 N–H and O–H groups in total. The molecule has 25 heavy (non-hydrogen) atoms. The molecule has 1 aromatic carbocycles. The van der Waals surface area contributed by atoms with Crippen molar-refractivity contribution in [2.45, 2.75) is 31.9 Å². The predicted molar refractivity (Wildman–Crippen MR) is 92.8 cm³/mol. The number of rotatable bonds is 3. The molecule has 2 atom stereocenters. The lowest BCUT2D eigenvalue weighted by Gasteiger charge is -2.42. The van der Waals surface area contributed by atoms with E-state index in [1.54, 1.807) is 11.9 Å². The molecule has 0 unspecified atom stereocenters. The quantitative estimate of drug-likeness (QED) is 0.891. The molecule has 136 valence electrons. The van der Waals surface area contributed by atoms with E-state index < -0.39 is 12.1 Å². The van der Waals surface area contributed by atoms with Crippen LogP contribution in [0.15, 0.2) is 24.3 Å². The van der Waals surface area contributed by atoms with E-state index in [1.165, 1.54) is 0 Å². The molecule has 0 aliphatic carbocycles. The molecule has 2 aliphatic rings. The molecule has 0 saturated carbocycles. The van der Waals surface area contributed by atoms with Crippen LogP contribution in [-0.4, -0.2) is 66.2 Å². The second-order valence-electron chi connectivity index (χ2n) is 6.99. The van der Waals surface area contributed by atoms with Gasteiger partial charge in [0.15, 0.2) is 6.10 Å². The highest BCUT2D eigenvalue weighted by Gasteiger charge is 2.42. The van der Waals surface area contributed by atoms with Gasteiger partial charge in [0.2, 0.25) is 5.91 Å². The van der Waals surface area contributed by atoms with Crippen molar-refractivity contribution in [1.82, 2.24) is 9.80 Å². The number of likely N-dealkylation sites (tertiary alicyclic amines) is 1. The maximum absolute atomic E-state index is 13.1. The third-order valence-corrected chi connectivity index (χ3v) is 5.42. The first kappa shape index (κ1) is 17.9. The molecule has 0 bridgehead atoms. The molecule has 0 spiro atoms. The van der Waals surface area contributed by atoms with Crippen LogP contribution in [0.3, 0.4) is 0 Å². The summed E-state index contributed by atoms with van der Waals surface area (Å²) in [5, 5.41) is 9.28. The molecular formula is C19H26N2O4. The summed E-state index contributed by atoms with van der Waals surface area (Å²) in [5.74, 6) is 0.0908. The number of piperidine rings is 1. The van der Waals surface area contributed by atoms with Crippen molar-refractivity contribution in [2.75, 3.05) is 33.4 Å². The van der Waals surface area contributed by atoms with E-state index in [1.807, 2.05) is 36.1 Å². The Morgan fingerprint density at radius 2 is 1.96 bits per heavy atom. The first-order chi connectivity index (χ1) is 12.0. The summed E-state index contributed by atoms with van der Waals surface area (Å²) in [5.41, 5.74) is 1.98. The molecule has 2 aliphatic heterocycles. The minimum atomic E-state index is -0.686. The van der Waals surface area contributed by atoms with Gasteiger partial charge in [0.05, 0.1) is 6.04 Å². The number of likely N-dealkylation sites (N-methyl/N-ethyl adjacent to an activating group) is 1. The van der Waals surface area contributed by atoms with Crippen molar-refractivity contribution in [3.8, 4) is 0 Å². The Labute approximate surface area is 148 Å². The molecule has 2 heterocycles. The summed E-state index contributed by atoms with van der Waals surface area (Å²) in [4.78, 5) is 28.7. The van der Waals surface area contributed by atoms with Crippen LogP contribution in [0.5, 0.6) is 0 Å². The predicted octanol–water partition coefficient (Wildman–Crippen LogP) is 1.12. The smallest absolute Gasteiger partial charge is 0.254 e. The summed E-state index contributed by atoms with van der Waals surface area (Å²) in [6, 6.07) is 7.39.